The lowest BCUT2D eigenvalue weighted by molar-refractivity contribution is -0.119. The molecule has 0 fully saturated rings. The van der Waals surface area contributed by atoms with Crippen molar-refractivity contribution in [1.29, 1.82) is 0 Å². The molecule has 0 aliphatic heterocycles. The highest BCUT2D eigenvalue weighted by Crippen LogP contribution is 2.24. The molecule has 0 spiro atoms. The first-order chi connectivity index (χ1) is 14.1. The predicted octanol–water partition coefficient (Wildman–Crippen LogP) is 4.22. The number of rotatable bonds is 8. The zero-order valence-electron chi connectivity index (χ0n) is 16.5. The summed E-state index contributed by atoms with van der Waals surface area (Å²) in [6.45, 7) is 1.57. The number of hydrogen-bond acceptors (Lipinski definition) is 4. The van der Waals surface area contributed by atoms with E-state index in [9.17, 15) is 9.59 Å². The average molecular weight is 388 g/mol. The number of carbonyl (C=O) groups excluding carboxylic acids is 2. The summed E-state index contributed by atoms with van der Waals surface area (Å²) >= 11 is 0. The molecule has 0 saturated heterocycles. The van der Waals surface area contributed by atoms with Crippen LogP contribution in [-0.2, 0) is 4.79 Å². The number of para-hydroxylation sites is 1. The number of anilines is 1. The van der Waals surface area contributed by atoms with Gasteiger partial charge in [-0.1, -0.05) is 54.6 Å². The van der Waals surface area contributed by atoms with Crippen molar-refractivity contribution in [3.63, 3.8) is 0 Å². The monoisotopic (exact) mass is 388 g/mol. The molecule has 3 aromatic carbocycles. The number of benzene rings is 3. The summed E-state index contributed by atoms with van der Waals surface area (Å²) < 4.78 is 5.23. The van der Waals surface area contributed by atoms with Crippen LogP contribution < -0.4 is 15.4 Å². The van der Waals surface area contributed by atoms with E-state index in [0.29, 0.717) is 11.3 Å². The fourth-order valence-electron chi connectivity index (χ4n) is 3.13. The molecule has 1 amide bonds. The third-order valence-corrected chi connectivity index (χ3v) is 4.63. The third-order valence-electron chi connectivity index (χ3n) is 4.63. The van der Waals surface area contributed by atoms with Crippen molar-refractivity contribution in [3.8, 4) is 5.75 Å². The van der Waals surface area contributed by atoms with Gasteiger partial charge in [-0.25, -0.2) is 0 Å². The Morgan fingerprint density at radius 3 is 2.14 bits per heavy atom. The number of ether oxygens (including phenoxy) is 1. The van der Waals surface area contributed by atoms with Crippen molar-refractivity contribution in [2.45, 2.75) is 13.0 Å². The van der Waals surface area contributed by atoms with E-state index in [0.717, 1.165) is 16.9 Å². The van der Waals surface area contributed by atoms with E-state index in [1.54, 1.807) is 25.3 Å². The van der Waals surface area contributed by atoms with Crippen LogP contribution in [0.4, 0.5) is 5.69 Å². The molecule has 0 aromatic heterocycles. The molecular weight excluding hydrogens is 364 g/mol. The highest BCUT2D eigenvalue weighted by Gasteiger charge is 2.17. The number of amides is 1. The Hall–Kier alpha value is -3.60. The number of hydrogen-bond donors (Lipinski definition) is 2. The van der Waals surface area contributed by atoms with Gasteiger partial charge < -0.3 is 15.4 Å². The van der Waals surface area contributed by atoms with Gasteiger partial charge in [0.05, 0.1) is 19.7 Å². The molecule has 0 bridgehead atoms. The molecule has 0 heterocycles. The van der Waals surface area contributed by atoms with E-state index in [1.165, 1.54) is 6.92 Å². The zero-order chi connectivity index (χ0) is 20.6. The average Bonchev–Trinajstić information content (AvgIpc) is 2.77. The maximum absolute atomic E-state index is 12.7. The highest BCUT2D eigenvalue weighted by atomic mass is 16.5. The number of nitrogens with one attached hydrogen (secondary N) is 2. The summed E-state index contributed by atoms with van der Waals surface area (Å²) in [5.41, 5.74) is 3.15. The minimum atomic E-state index is -0.292. The SMILES string of the molecule is COc1ccc([C@@H](NC(=O)CNc2ccccc2C(C)=O)c2ccccc2)cc1. The van der Waals surface area contributed by atoms with E-state index in [-0.39, 0.29) is 24.3 Å². The minimum absolute atomic E-state index is 0.0473. The zero-order valence-corrected chi connectivity index (χ0v) is 16.5. The van der Waals surface area contributed by atoms with Crippen LogP contribution >= 0.6 is 0 Å². The Morgan fingerprint density at radius 2 is 1.48 bits per heavy atom. The largest absolute Gasteiger partial charge is 0.497 e. The topological polar surface area (TPSA) is 67.4 Å². The van der Waals surface area contributed by atoms with Crippen molar-refractivity contribution < 1.29 is 14.3 Å². The summed E-state index contributed by atoms with van der Waals surface area (Å²) in [5.74, 6) is 0.538. The first kappa shape index (κ1) is 20.1. The Balaban J connectivity index is 1.75. The van der Waals surface area contributed by atoms with E-state index in [2.05, 4.69) is 10.6 Å². The Kier molecular flexibility index (Phi) is 6.63. The lowest BCUT2D eigenvalue weighted by Crippen LogP contribution is -2.34. The summed E-state index contributed by atoms with van der Waals surface area (Å²) in [6.07, 6.45) is 0. The van der Waals surface area contributed by atoms with Crippen LogP contribution in [0.3, 0.4) is 0 Å². The standard InChI is InChI=1S/C24H24N2O3/c1-17(27)21-10-6-7-11-22(21)25-16-23(28)26-24(18-8-4-3-5-9-18)19-12-14-20(29-2)15-13-19/h3-15,24-25H,16H2,1-2H3,(H,26,28)/t24-/m0/s1. The number of Topliss-reactive ketones (excluding diaryl/α,β-unsaturated/α-hetero) is 1. The first-order valence-corrected chi connectivity index (χ1v) is 9.40. The summed E-state index contributed by atoms with van der Waals surface area (Å²) in [5, 5.41) is 6.15. The highest BCUT2D eigenvalue weighted by molar-refractivity contribution is 6.00. The lowest BCUT2D eigenvalue weighted by Gasteiger charge is -2.21. The van der Waals surface area contributed by atoms with Gasteiger partial charge in [-0.3, -0.25) is 9.59 Å². The van der Waals surface area contributed by atoms with Gasteiger partial charge in [0.25, 0.3) is 0 Å². The van der Waals surface area contributed by atoms with Crippen molar-refractivity contribution in [2.75, 3.05) is 19.0 Å². The molecule has 29 heavy (non-hydrogen) atoms. The maximum atomic E-state index is 12.7. The Labute approximate surface area is 170 Å². The van der Waals surface area contributed by atoms with Crippen LogP contribution in [0.5, 0.6) is 5.75 Å². The molecule has 0 saturated carbocycles. The normalized spacial score (nSPS) is 11.4. The molecule has 2 N–H and O–H groups in total. The fraction of sp³-hybridized carbons (Fsp3) is 0.167. The molecule has 148 valence electrons. The van der Waals surface area contributed by atoms with Crippen molar-refractivity contribution in [1.82, 2.24) is 5.32 Å². The van der Waals surface area contributed by atoms with Crippen molar-refractivity contribution in [3.05, 3.63) is 95.6 Å². The molecule has 5 heteroatoms. The molecule has 3 rings (SSSR count). The van der Waals surface area contributed by atoms with E-state index < -0.39 is 0 Å². The lowest BCUT2D eigenvalue weighted by atomic mass is 9.98. The van der Waals surface area contributed by atoms with Gasteiger partial charge in [-0.05, 0) is 42.3 Å². The van der Waals surface area contributed by atoms with E-state index >= 15 is 0 Å². The molecule has 1 atom stereocenters. The van der Waals surface area contributed by atoms with Crippen LogP contribution in [0, 0.1) is 0 Å². The molecule has 3 aromatic rings. The Morgan fingerprint density at radius 1 is 0.862 bits per heavy atom. The fourth-order valence-corrected chi connectivity index (χ4v) is 3.13. The van der Waals surface area contributed by atoms with Crippen molar-refractivity contribution in [2.24, 2.45) is 0 Å². The first-order valence-electron chi connectivity index (χ1n) is 9.40. The summed E-state index contributed by atoms with van der Waals surface area (Å²) in [6, 6.07) is 24.3. The molecule has 0 unspecified atom stereocenters. The van der Waals surface area contributed by atoms with Crippen LogP contribution in [-0.4, -0.2) is 25.3 Å². The van der Waals surface area contributed by atoms with Crippen LogP contribution in [0.2, 0.25) is 0 Å². The van der Waals surface area contributed by atoms with Crippen molar-refractivity contribution >= 4 is 17.4 Å². The number of carbonyl (C=O) groups is 2. The third kappa shape index (κ3) is 5.23. The van der Waals surface area contributed by atoms with Crippen LogP contribution in [0.1, 0.15) is 34.5 Å². The Bertz CT molecular complexity index is 969. The predicted molar refractivity (Wildman–Crippen MR) is 114 cm³/mol. The second-order valence-electron chi connectivity index (χ2n) is 6.64. The molecule has 0 aliphatic carbocycles. The van der Waals surface area contributed by atoms with Gasteiger partial charge >= 0.3 is 0 Å². The second-order valence-corrected chi connectivity index (χ2v) is 6.64. The smallest absolute Gasteiger partial charge is 0.240 e. The van der Waals surface area contributed by atoms with Gasteiger partial charge in [0.15, 0.2) is 5.78 Å². The molecule has 0 aliphatic rings. The van der Waals surface area contributed by atoms with Gasteiger partial charge in [0.1, 0.15) is 5.75 Å². The number of methoxy groups -OCH3 is 1. The van der Waals surface area contributed by atoms with Crippen LogP contribution in [0.15, 0.2) is 78.9 Å². The maximum Gasteiger partial charge on any atom is 0.240 e. The van der Waals surface area contributed by atoms with E-state index in [1.807, 2.05) is 60.7 Å². The minimum Gasteiger partial charge on any atom is -0.497 e. The molecule has 0 radical (unpaired) electrons. The molecule has 5 nitrogen and oxygen atoms in total. The van der Waals surface area contributed by atoms with E-state index in [4.69, 9.17) is 4.74 Å². The molecular formula is C24H24N2O3. The van der Waals surface area contributed by atoms with Gasteiger partial charge in [-0.15, -0.1) is 0 Å². The second kappa shape index (κ2) is 9.55. The quantitative estimate of drug-likeness (QED) is 0.567. The summed E-state index contributed by atoms with van der Waals surface area (Å²) in [4.78, 5) is 24.5. The van der Waals surface area contributed by atoms with Crippen LogP contribution in [0.25, 0.3) is 0 Å². The van der Waals surface area contributed by atoms with Gasteiger partial charge in [-0.2, -0.15) is 0 Å². The van der Waals surface area contributed by atoms with Gasteiger partial charge in [0, 0.05) is 11.3 Å². The summed E-state index contributed by atoms with van der Waals surface area (Å²) in [7, 11) is 1.62. The van der Waals surface area contributed by atoms with Gasteiger partial charge in [0.2, 0.25) is 5.91 Å². The number of ketones is 1.